The lowest BCUT2D eigenvalue weighted by Gasteiger charge is -2.17. The van der Waals surface area contributed by atoms with E-state index in [0.717, 1.165) is 22.8 Å². The third-order valence-electron chi connectivity index (χ3n) is 6.09. The molecule has 6 rings (SSSR count). The standard InChI is InChI=1S/C21H15NO3/c23-20-18-11-5-6-12(9-11)19(18)21(24)22(20)13-7-8-15-14-3-1-2-4-16(14)25-17(15)10-13/h1-8,10-12,18-19H,9H2/t11-,12-,18-,19-/m0/s1. The maximum atomic E-state index is 12.9. The topological polar surface area (TPSA) is 50.5 Å². The second-order valence-corrected chi connectivity index (χ2v) is 7.29. The van der Waals surface area contributed by atoms with Crippen LogP contribution in [-0.2, 0) is 9.59 Å². The van der Waals surface area contributed by atoms with Gasteiger partial charge >= 0.3 is 0 Å². The number of fused-ring (bicyclic) bond motifs is 8. The van der Waals surface area contributed by atoms with Gasteiger partial charge in [-0.15, -0.1) is 0 Å². The van der Waals surface area contributed by atoms with Gasteiger partial charge in [-0.1, -0.05) is 30.4 Å². The number of rotatable bonds is 1. The number of carbonyl (C=O) groups is 2. The number of para-hydroxylation sites is 1. The summed E-state index contributed by atoms with van der Waals surface area (Å²) in [5.74, 6) is 0.00475. The summed E-state index contributed by atoms with van der Waals surface area (Å²) in [6, 6.07) is 13.5. The zero-order chi connectivity index (χ0) is 16.7. The number of nitrogens with zero attached hydrogens (tertiary/aromatic N) is 1. The maximum Gasteiger partial charge on any atom is 0.238 e. The SMILES string of the molecule is O=C1[C@@H]2[C@@H](C(=O)N1c1ccc3c(c1)oc1ccccc13)[C@H]1C=C[C@H]2C1. The molecule has 3 aromatic rings. The zero-order valence-electron chi connectivity index (χ0n) is 13.4. The van der Waals surface area contributed by atoms with Crippen LogP contribution in [0.15, 0.2) is 59.0 Å². The molecule has 1 aliphatic heterocycles. The minimum Gasteiger partial charge on any atom is -0.456 e. The number of anilines is 1. The van der Waals surface area contributed by atoms with Gasteiger partial charge in [0.1, 0.15) is 11.2 Å². The van der Waals surface area contributed by atoms with Gasteiger partial charge in [0.2, 0.25) is 11.8 Å². The van der Waals surface area contributed by atoms with Gasteiger partial charge in [-0.05, 0) is 36.5 Å². The Morgan fingerprint density at radius 3 is 2.28 bits per heavy atom. The summed E-state index contributed by atoms with van der Waals surface area (Å²) in [6.45, 7) is 0. The van der Waals surface area contributed by atoms with Crippen LogP contribution in [0, 0.1) is 23.7 Å². The molecule has 2 heterocycles. The Morgan fingerprint density at radius 1 is 0.840 bits per heavy atom. The summed E-state index contributed by atoms with van der Waals surface area (Å²) in [6.07, 6.45) is 5.18. The minimum absolute atomic E-state index is 0.0534. The smallest absolute Gasteiger partial charge is 0.238 e. The minimum atomic E-state index is -0.172. The van der Waals surface area contributed by atoms with Gasteiger partial charge in [0.05, 0.1) is 17.5 Å². The van der Waals surface area contributed by atoms with E-state index in [0.29, 0.717) is 11.3 Å². The van der Waals surface area contributed by atoms with Crippen molar-refractivity contribution in [1.82, 2.24) is 0 Å². The van der Waals surface area contributed by atoms with Crippen molar-refractivity contribution in [2.45, 2.75) is 6.42 Å². The Bertz CT molecular complexity index is 1080. The van der Waals surface area contributed by atoms with E-state index in [4.69, 9.17) is 4.42 Å². The molecule has 3 aliphatic rings. The molecule has 2 amide bonds. The van der Waals surface area contributed by atoms with E-state index in [-0.39, 0.29) is 35.5 Å². The molecule has 2 bridgehead atoms. The lowest BCUT2D eigenvalue weighted by Crippen LogP contribution is -2.32. The number of allylic oxidation sites excluding steroid dienone is 2. The Hall–Kier alpha value is -2.88. The van der Waals surface area contributed by atoms with Crippen molar-refractivity contribution < 1.29 is 14.0 Å². The van der Waals surface area contributed by atoms with Gasteiger partial charge in [-0.2, -0.15) is 0 Å². The highest BCUT2D eigenvalue weighted by atomic mass is 16.3. The number of imide groups is 1. The van der Waals surface area contributed by atoms with Crippen LogP contribution < -0.4 is 4.90 Å². The van der Waals surface area contributed by atoms with Gasteiger partial charge < -0.3 is 4.42 Å². The molecule has 0 N–H and O–H groups in total. The molecule has 2 fully saturated rings. The van der Waals surface area contributed by atoms with E-state index in [1.807, 2.05) is 42.5 Å². The third kappa shape index (κ3) is 1.57. The molecule has 2 aromatic carbocycles. The molecule has 1 saturated carbocycles. The molecule has 2 aliphatic carbocycles. The van der Waals surface area contributed by atoms with E-state index in [1.54, 1.807) is 0 Å². The average Bonchev–Trinajstić information content (AvgIpc) is 3.36. The molecule has 0 radical (unpaired) electrons. The zero-order valence-corrected chi connectivity index (χ0v) is 13.4. The number of furan rings is 1. The molecule has 0 spiro atoms. The van der Waals surface area contributed by atoms with Crippen molar-refractivity contribution in [2.24, 2.45) is 23.7 Å². The number of hydrogen-bond acceptors (Lipinski definition) is 3. The Morgan fingerprint density at radius 2 is 1.52 bits per heavy atom. The highest BCUT2D eigenvalue weighted by Gasteiger charge is 2.59. The molecule has 1 saturated heterocycles. The number of hydrogen-bond donors (Lipinski definition) is 0. The van der Waals surface area contributed by atoms with Gasteiger partial charge in [0.25, 0.3) is 0 Å². The van der Waals surface area contributed by atoms with Crippen LogP contribution in [0.1, 0.15) is 6.42 Å². The monoisotopic (exact) mass is 329 g/mol. The van der Waals surface area contributed by atoms with Crippen molar-refractivity contribution in [3.8, 4) is 0 Å². The van der Waals surface area contributed by atoms with Crippen LogP contribution in [0.5, 0.6) is 0 Å². The lowest BCUT2D eigenvalue weighted by molar-refractivity contribution is -0.123. The molecule has 0 unspecified atom stereocenters. The molecule has 4 nitrogen and oxygen atoms in total. The first-order valence-electron chi connectivity index (χ1n) is 8.70. The van der Waals surface area contributed by atoms with E-state index in [9.17, 15) is 9.59 Å². The largest absolute Gasteiger partial charge is 0.456 e. The summed E-state index contributed by atoms with van der Waals surface area (Å²) in [7, 11) is 0. The molecular formula is C21H15NO3. The van der Waals surface area contributed by atoms with Gasteiger partial charge in [-0.3, -0.25) is 9.59 Å². The molecule has 1 aromatic heterocycles. The highest BCUT2D eigenvalue weighted by Crippen LogP contribution is 2.53. The third-order valence-corrected chi connectivity index (χ3v) is 6.09. The summed E-state index contributed by atoms with van der Waals surface area (Å²) in [5, 5.41) is 2.04. The van der Waals surface area contributed by atoms with Crippen molar-refractivity contribution in [2.75, 3.05) is 4.90 Å². The van der Waals surface area contributed by atoms with E-state index >= 15 is 0 Å². The molecule has 4 atom stereocenters. The highest BCUT2D eigenvalue weighted by molar-refractivity contribution is 6.23. The number of carbonyl (C=O) groups excluding carboxylic acids is 2. The Balaban J connectivity index is 1.48. The van der Waals surface area contributed by atoms with Crippen LogP contribution in [-0.4, -0.2) is 11.8 Å². The molecule has 25 heavy (non-hydrogen) atoms. The predicted octanol–water partition coefficient (Wildman–Crippen LogP) is 3.90. The second kappa shape index (κ2) is 4.39. The fourth-order valence-corrected chi connectivity index (χ4v) is 5.01. The van der Waals surface area contributed by atoms with Crippen LogP contribution in [0.3, 0.4) is 0 Å². The van der Waals surface area contributed by atoms with Crippen molar-refractivity contribution in [1.29, 1.82) is 0 Å². The van der Waals surface area contributed by atoms with Gasteiger partial charge in [-0.25, -0.2) is 4.90 Å². The molecular weight excluding hydrogens is 314 g/mol. The predicted molar refractivity (Wildman–Crippen MR) is 93.9 cm³/mol. The van der Waals surface area contributed by atoms with Gasteiger partial charge in [0.15, 0.2) is 0 Å². The van der Waals surface area contributed by atoms with Crippen molar-refractivity contribution in [3.63, 3.8) is 0 Å². The first-order valence-corrected chi connectivity index (χ1v) is 8.70. The molecule has 122 valence electrons. The second-order valence-electron chi connectivity index (χ2n) is 7.29. The maximum absolute atomic E-state index is 12.9. The van der Waals surface area contributed by atoms with Crippen molar-refractivity contribution >= 4 is 39.4 Å². The van der Waals surface area contributed by atoms with E-state index in [2.05, 4.69) is 12.2 Å². The van der Waals surface area contributed by atoms with Crippen LogP contribution >= 0.6 is 0 Å². The quantitative estimate of drug-likeness (QED) is 0.502. The van der Waals surface area contributed by atoms with Gasteiger partial charge in [0, 0.05) is 16.8 Å². The van der Waals surface area contributed by atoms with Crippen LogP contribution in [0.4, 0.5) is 5.69 Å². The first-order chi connectivity index (χ1) is 12.2. The van der Waals surface area contributed by atoms with Crippen LogP contribution in [0.2, 0.25) is 0 Å². The fraction of sp³-hybridized carbons (Fsp3) is 0.238. The normalized spacial score (nSPS) is 30.2. The molecule has 4 heteroatoms. The first kappa shape index (κ1) is 13.4. The summed E-state index contributed by atoms with van der Waals surface area (Å²) < 4.78 is 5.91. The summed E-state index contributed by atoms with van der Waals surface area (Å²) >= 11 is 0. The fourth-order valence-electron chi connectivity index (χ4n) is 5.01. The lowest BCUT2D eigenvalue weighted by atomic mass is 9.85. The number of amides is 2. The van der Waals surface area contributed by atoms with E-state index < -0.39 is 0 Å². The Kier molecular flexibility index (Phi) is 2.36. The summed E-state index contributed by atoms with van der Waals surface area (Å²) in [5.41, 5.74) is 2.14. The van der Waals surface area contributed by atoms with E-state index in [1.165, 1.54) is 4.90 Å². The summed E-state index contributed by atoms with van der Waals surface area (Å²) in [4.78, 5) is 27.3. The average molecular weight is 329 g/mol. The van der Waals surface area contributed by atoms with Crippen molar-refractivity contribution in [3.05, 3.63) is 54.6 Å². The number of benzene rings is 2. The van der Waals surface area contributed by atoms with Crippen LogP contribution in [0.25, 0.3) is 21.9 Å². The Labute approximate surface area is 143 Å².